The van der Waals surface area contributed by atoms with Gasteiger partial charge in [0.1, 0.15) is 68.1 Å². The maximum absolute atomic E-state index is 12.7. The highest BCUT2D eigenvalue weighted by molar-refractivity contribution is 5.69. The van der Waals surface area contributed by atoms with Crippen LogP contribution in [0.4, 0.5) is 0 Å². The van der Waals surface area contributed by atoms with Gasteiger partial charge in [0.2, 0.25) is 0 Å². The van der Waals surface area contributed by atoms with Gasteiger partial charge in [0, 0.05) is 12.8 Å². The molecule has 0 bridgehead atoms. The summed E-state index contributed by atoms with van der Waals surface area (Å²) in [6, 6.07) is 0. The molecule has 0 spiro atoms. The third-order valence-electron chi connectivity index (χ3n) is 12.4. The fraction of sp³-hybridized carbons (Fsp3) is 0.959. The van der Waals surface area contributed by atoms with Gasteiger partial charge in [-0.2, -0.15) is 0 Å². The minimum absolute atomic E-state index is 0.163. The van der Waals surface area contributed by atoms with Crippen LogP contribution in [-0.4, -0.2) is 142 Å². The first-order chi connectivity index (χ1) is 30.7. The molecule has 0 aromatic carbocycles. The molecule has 2 aliphatic heterocycles. The van der Waals surface area contributed by atoms with E-state index in [4.69, 9.17) is 28.4 Å². The van der Waals surface area contributed by atoms with Crippen LogP contribution in [0, 0.1) is 11.8 Å². The minimum Gasteiger partial charge on any atom is -0.463 e. The number of rotatable bonds is 38. The molecule has 0 aromatic rings. The lowest BCUT2D eigenvalue weighted by Crippen LogP contribution is -2.65. The maximum atomic E-state index is 12.7. The van der Waals surface area contributed by atoms with Gasteiger partial charge in [0.05, 0.1) is 13.2 Å². The van der Waals surface area contributed by atoms with Crippen LogP contribution in [0.25, 0.3) is 0 Å². The molecule has 0 unspecified atom stereocenters. The fourth-order valence-electron chi connectivity index (χ4n) is 8.26. The quantitative estimate of drug-likeness (QED) is 0.0258. The van der Waals surface area contributed by atoms with Crippen molar-refractivity contribution in [3.05, 3.63) is 0 Å². The van der Waals surface area contributed by atoms with E-state index in [9.17, 15) is 45.3 Å². The number of carbonyl (C=O) groups is 2. The van der Waals surface area contributed by atoms with Gasteiger partial charge in [-0.3, -0.25) is 9.59 Å². The van der Waals surface area contributed by atoms with Gasteiger partial charge in [-0.05, 0) is 24.7 Å². The molecule has 15 heteroatoms. The Balaban J connectivity index is 1.76. The highest BCUT2D eigenvalue weighted by Gasteiger charge is 2.51. The van der Waals surface area contributed by atoms with E-state index >= 15 is 0 Å². The lowest BCUT2D eigenvalue weighted by atomic mass is 9.97. The fourth-order valence-corrected chi connectivity index (χ4v) is 8.26. The third kappa shape index (κ3) is 25.6. The number of aliphatic hydroxyl groups is 7. The van der Waals surface area contributed by atoms with Crippen LogP contribution in [0.1, 0.15) is 195 Å². The van der Waals surface area contributed by atoms with Crippen LogP contribution in [0.15, 0.2) is 0 Å². The van der Waals surface area contributed by atoms with Gasteiger partial charge >= 0.3 is 11.9 Å². The average Bonchev–Trinajstić information content (AvgIpc) is 3.26. The van der Waals surface area contributed by atoms with Gasteiger partial charge in [0.25, 0.3) is 0 Å². The molecule has 378 valence electrons. The number of ether oxygens (including phenoxy) is 6. The Morgan fingerprint density at radius 2 is 0.906 bits per heavy atom. The van der Waals surface area contributed by atoms with E-state index in [1.165, 1.54) is 103 Å². The monoisotopic (exact) mass is 921 g/mol. The minimum atomic E-state index is -1.83. The zero-order valence-corrected chi connectivity index (χ0v) is 40.1. The summed E-state index contributed by atoms with van der Waals surface area (Å²) in [5, 5.41) is 73.8. The average molecular weight is 921 g/mol. The zero-order chi connectivity index (χ0) is 47.1. The number of hydrogen-bond donors (Lipinski definition) is 7. The van der Waals surface area contributed by atoms with Crippen LogP contribution in [0.2, 0.25) is 0 Å². The largest absolute Gasteiger partial charge is 0.463 e. The Labute approximate surface area is 385 Å². The molecule has 2 aliphatic rings. The van der Waals surface area contributed by atoms with Crippen molar-refractivity contribution in [1.82, 2.24) is 0 Å². The summed E-state index contributed by atoms with van der Waals surface area (Å²) in [6.45, 7) is 7.08. The van der Waals surface area contributed by atoms with Crippen LogP contribution < -0.4 is 0 Å². The number of carbonyl (C=O) groups excluding carboxylic acids is 2. The van der Waals surface area contributed by atoms with Crippen molar-refractivity contribution in [2.75, 3.05) is 26.4 Å². The third-order valence-corrected chi connectivity index (χ3v) is 12.4. The summed E-state index contributed by atoms with van der Waals surface area (Å²) in [5.41, 5.74) is 0. The number of aliphatic hydroxyl groups excluding tert-OH is 7. The molecule has 0 radical (unpaired) electrons. The molecular formula is C49H92O15. The van der Waals surface area contributed by atoms with Gasteiger partial charge < -0.3 is 64.2 Å². The standard InChI is InChI=1S/C49H92O15/c1-35(2)27-23-19-15-11-7-5-9-13-17-21-25-29-40(52)59-32-37(51)33-61-48-46(58)47(64-49-45(57)44(56)42(54)38(31-50)62-49)43(55)39(63-48)34-60-41(53)30-26-22-18-14-10-6-8-12-16-20-24-28-36(3)4/h35-39,42-51,54-58H,5-34H2,1-4H3/t37-,38+,39+,42+,43+,44-,45-,46-,47-,48-,49+/m0/s1. The Morgan fingerprint density at radius 3 is 1.36 bits per heavy atom. The van der Waals surface area contributed by atoms with E-state index in [0.717, 1.165) is 50.4 Å². The summed E-state index contributed by atoms with van der Waals surface area (Å²) >= 11 is 0. The molecule has 0 aliphatic carbocycles. The Bertz CT molecular complexity index is 1160. The van der Waals surface area contributed by atoms with E-state index in [-0.39, 0.29) is 19.4 Å². The first-order valence-electron chi connectivity index (χ1n) is 25.3. The lowest BCUT2D eigenvalue weighted by molar-refractivity contribution is -0.361. The van der Waals surface area contributed by atoms with E-state index in [1.807, 2.05) is 0 Å². The summed E-state index contributed by atoms with van der Waals surface area (Å²) in [7, 11) is 0. The highest BCUT2D eigenvalue weighted by atomic mass is 16.7. The molecule has 15 nitrogen and oxygen atoms in total. The van der Waals surface area contributed by atoms with E-state index in [0.29, 0.717) is 12.8 Å². The van der Waals surface area contributed by atoms with Crippen molar-refractivity contribution in [2.45, 2.75) is 262 Å². The second-order valence-corrected chi connectivity index (χ2v) is 19.3. The summed E-state index contributed by atoms with van der Waals surface area (Å²) in [5.74, 6) is 0.611. The molecule has 2 fully saturated rings. The predicted molar refractivity (Wildman–Crippen MR) is 243 cm³/mol. The Morgan fingerprint density at radius 1 is 0.484 bits per heavy atom. The van der Waals surface area contributed by atoms with Crippen molar-refractivity contribution >= 4 is 11.9 Å². The smallest absolute Gasteiger partial charge is 0.305 e. The van der Waals surface area contributed by atoms with Crippen LogP contribution in [-0.2, 0) is 38.0 Å². The number of hydrogen-bond acceptors (Lipinski definition) is 15. The molecule has 0 amide bonds. The van der Waals surface area contributed by atoms with Crippen molar-refractivity contribution in [3.63, 3.8) is 0 Å². The predicted octanol–water partition coefficient (Wildman–Crippen LogP) is 6.54. The first-order valence-corrected chi connectivity index (χ1v) is 25.3. The normalized spacial score (nSPS) is 26.7. The Kier molecular flexibility index (Phi) is 32.6. The highest BCUT2D eigenvalue weighted by Crippen LogP contribution is 2.30. The second kappa shape index (κ2) is 35.6. The molecule has 7 N–H and O–H groups in total. The summed E-state index contributed by atoms with van der Waals surface area (Å²) in [4.78, 5) is 25.1. The van der Waals surface area contributed by atoms with Gasteiger partial charge in [-0.15, -0.1) is 0 Å². The molecule has 0 aromatic heterocycles. The molecule has 11 atom stereocenters. The van der Waals surface area contributed by atoms with Gasteiger partial charge in [-0.1, -0.05) is 169 Å². The topological polar surface area (TPSA) is 231 Å². The molecule has 0 saturated carbocycles. The molecular weight excluding hydrogens is 829 g/mol. The van der Waals surface area contributed by atoms with Crippen LogP contribution in [0.3, 0.4) is 0 Å². The zero-order valence-electron chi connectivity index (χ0n) is 40.1. The van der Waals surface area contributed by atoms with Crippen molar-refractivity contribution in [2.24, 2.45) is 11.8 Å². The van der Waals surface area contributed by atoms with E-state index < -0.39 is 99.3 Å². The van der Waals surface area contributed by atoms with Crippen molar-refractivity contribution < 1.29 is 73.8 Å². The summed E-state index contributed by atoms with van der Waals surface area (Å²) in [6.07, 6.45) is 10.8. The molecule has 2 heterocycles. The SMILES string of the molecule is CC(C)CCCCCCCCCCCCCC(=O)OC[C@H](O)CO[C@H]1O[C@H](COC(=O)CCCCCCCCCCCCCC(C)C)[C@@H](O)[C@H](O[C@H]2O[C@H](CO)[C@@H](O)[C@H](O)[C@@H]2O)[C@@H]1O. The van der Waals surface area contributed by atoms with Gasteiger partial charge in [-0.25, -0.2) is 0 Å². The maximum Gasteiger partial charge on any atom is 0.305 e. The number of unbranched alkanes of at least 4 members (excludes halogenated alkanes) is 20. The second-order valence-electron chi connectivity index (χ2n) is 19.3. The summed E-state index contributed by atoms with van der Waals surface area (Å²) < 4.78 is 33.3. The van der Waals surface area contributed by atoms with Crippen molar-refractivity contribution in [3.8, 4) is 0 Å². The van der Waals surface area contributed by atoms with Gasteiger partial charge in [0.15, 0.2) is 12.6 Å². The van der Waals surface area contributed by atoms with Crippen LogP contribution in [0.5, 0.6) is 0 Å². The van der Waals surface area contributed by atoms with Crippen molar-refractivity contribution in [1.29, 1.82) is 0 Å². The first kappa shape index (κ1) is 58.6. The lowest BCUT2D eigenvalue weighted by Gasteiger charge is -2.46. The molecule has 2 saturated heterocycles. The van der Waals surface area contributed by atoms with E-state index in [1.54, 1.807) is 0 Å². The van der Waals surface area contributed by atoms with E-state index in [2.05, 4.69) is 27.7 Å². The number of esters is 2. The molecule has 2 rings (SSSR count). The molecule has 64 heavy (non-hydrogen) atoms. The van der Waals surface area contributed by atoms with Crippen LogP contribution >= 0.6 is 0 Å². The Hall–Kier alpha value is -1.50.